The molecule has 39 heavy (non-hydrogen) atoms. The van der Waals surface area contributed by atoms with Crippen molar-refractivity contribution >= 4 is 29.4 Å². The molecule has 4 N–H and O–H groups in total. The molecule has 0 aromatic rings. The standard InChI is InChI=1S/C31H52N2O5S/c1-10-29(8)15-22(38-23(35)16-39-28(6,7)17-33-27(37)24(32)18(2)3)30(9)19(4)11-13-31(20(5)26(29)36)14-12-21(34)25(30)31/h10,18-20,22,24-26,36H,1,11-17,32H2,2-9H3,(H,33,37)/t19?,20?,22?,24?,25?,26?,29-,30+,31+/m0/s1. The number of thioether (sulfide) groups is 1. The van der Waals surface area contributed by atoms with Crippen LogP contribution in [0.3, 0.4) is 0 Å². The molecule has 0 spiro atoms. The zero-order valence-electron chi connectivity index (χ0n) is 25.3. The highest BCUT2D eigenvalue weighted by atomic mass is 32.2. The van der Waals surface area contributed by atoms with E-state index in [2.05, 4.69) is 32.7 Å². The Hall–Kier alpha value is -1.38. The molecule has 9 atom stereocenters. The number of esters is 1. The lowest BCUT2D eigenvalue weighted by Crippen LogP contribution is -2.63. The number of aliphatic hydroxyl groups excluding tert-OH is 1. The molecule has 3 rings (SSSR count). The van der Waals surface area contributed by atoms with Gasteiger partial charge >= 0.3 is 5.97 Å². The van der Waals surface area contributed by atoms with Gasteiger partial charge in [-0.2, -0.15) is 0 Å². The maximum atomic E-state index is 13.5. The quantitative estimate of drug-likeness (QED) is 0.279. The lowest BCUT2D eigenvalue weighted by Gasteiger charge is -2.61. The van der Waals surface area contributed by atoms with Gasteiger partial charge in [-0.3, -0.25) is 14.4 Å². The van der Waals surface area contributed by atoms with Gasteiger partial charge in [0, 0.05) is 34.5 Å². The van der Waals surface area contributed by atoms with E-state index in [0.717, 1.165) is 19.3 Å². The minimum Gasteiger partial charge on any atom is -0.461 e. The Morgan fingerprint density at radius 3 is 2.51 bits per heavy atom. The van der Waals surface area contributed by atoms with Gasteiger partial charge in [0.2, 0.25) is 5.91 Å². The number of carbonyl (C=O) groups excluding carboxylic acids is 3. The molecule has 2 bridgehead atoms. The topological polar surface area (TPSA) is 119 Å². The van der Waals surface area contributed by atoms with Crippen molar-refractivity contribution in [1.82, 2.24) is 5.32 Å². The molecule has 8 heteroatoms. The molecular weight excluding hydrogens is 512 g/mol. The van der Waals surface area contributed by atoms with Gasteiger partial charge in [0.05, 0.1) is 17.9 Å². The van der Waals surface area contributed by atoms with Gasteiger partial charge < -0.3 is 20.9 Å². The van der Waals surface area contributed by atoms with Crippen molar-refractivity contribution in [2.24, 2.45) is 45.7 Å². The first kappa shape index (κ1) is 32.1. The monoisotopic (exact) mass is 564 g/mol. The van der Waals surface area contributed by atoms with E-state index >= 15 is 0 Å². The number of nitrogens with one attached hydrogen (secondary N) is 1. The maximum Gasteiger partial charge on any atom is 0.316 e. The number of nitrogens with two attached hydrogens (primary N) is 1. The number of aliphatic hydroxyl groups is 1. The molecule has 3 fully saturated rings. The average molecular weight is 565 g/mol. The van der Waals surface area contributed by atoms with Crippen LogP contribution in [0.2, 0.25) is 0 Å². The molecule has 0 aromatic heterocycles. The predicted octanol–water partition coefficient (Wildman–Crippen LogP) is 4.50. The average Bonchev–Trinajstić information content (AvgIpc) is 3.24. The second-order valence-electron chi connectivity index (χ2n) is 14.1. The van der Waals surface area contributed by atoms with Gasteiger partial charge in [-0.05, 0) is 62.7 Å². The fraction of sp³-hybridized carbons (Fsp3) is 0.839. The Labute approximate surface area is 239 Å². The van der Waals surface area contributed by atoms with E-state index in [1.807, 2.05) is 40.7 Å². The Morgan fingerprint density at radius 1 is 1.28 bits per heavy atom. The molecule has 0 saturated heterocycles. The first-order valence-electron chi connectivity index (χ1n) is 14.7. The lowest BCUT2D eigenvalue weighted by atomic mass is 9.44. The number of hydrogen-bond acceptors (Lipinski definition) is 7. The lowest BCUT2D eigenvalue weighted by molar-refractivity contribution is -0.205. The summed E-state index contributed by atoms with van der Waals surface area (Å²) in [5.41, 5.74) is 4.49. The van der Waals surface area contributed by atoms with Crippen LogP contribution < -0.4 is 11.1 Å². The molecule has 3 saturated carbocycles. The van der Waals surface area contributed by atoms with E-state index < -0.39 is 33.8 Å². The summed E-state index contributed by atoms with van der Waals surface area (Å²) in [4.78, 5) is 39.2. The van der Waals surface area contributed by atoms with Gasteiger partial charge in [-0.15, -0.1) is 18.3 Å². The van der Waals surface area contributed by atoms with Crippen LogP contribution in [0.4, 0.5) is 0 Å². The normalized spacial score (nSPS) is 39.4. The second kappa shape index (κ2) is 11.5. The maximum absolute atomic E-state index is 13.5. The Bertz CT molecular complexity index is 969. The van der Waals surface area contributed by atoms with Gasteiger partial charge in [-0.25, -0.2) is 0 Å². The number of amides is 1. The number of Topliss-reactive ketones (excluding diaryl/α,β-unsaturated/α-hetero) is 1. The van der Waals surface area contributed by atoms with E-state index in [-0.39, 0.29) is 52.5 Å². The van der Waals surface area contributed by atoms with E-state index in [4.69, 9.17) is 10.5 Å². The SMILES string of the molecule is C=C[C@@]1(C)CC(OC(=O)CSC(C)(C)CNC(=O)C(N)C(C)C)[C@@]2(C)C(C)CC[C@@]3(CCC(=O)C32)C(C)C1O. The summed E-state index contributed by atoms with van der Waals surface area (Å²) < 4.78 is 5.92. The van der Waals surface area contributed by atoms with E-state index in [1.54, 1.807) is 0 Å². The second-order valence-corrected chi connectivity index (χ2v) is 15.8. The largest absolute Gasteiger partial charge is 0.461 e. The minimum atomic E-state index is -0.684. The van der Waals surface area contributed by atoms with Crippen molar-refractivity contribution in [3.63, 3.8) is 0 Å². The van der Waals surface area contributed by atoms with Crippen LogP contribution in [0.15, 0.2) is 12.7 Å². The van der Waals surface area contributed by atoms with E-state index in [0.29, 0.717) is 19.4 Å². The summed E-state index contributed by atoms with van der Waals surface area (Å²) in [6.07, 6.45) is 4.17. The van der Waals surface area contributed by atoms with E-state index in [1.165, 1.54) is 11.8 Å². The molecule has 0 radical (unpaired) electrons. The summed E-state index contributed by atoms with van der Waals surface area (Å²) in [5, 5.41) is 14.6. The Kier molecular flexibility index (Phi) is 9.46. The molecule has 1 amide bonds. The Balaban J connectivity index is 1.82. The first-order chi connectivity index (χ1) is 17.9. The third-order valence-corrected chi connectivity index (χ3v) is 12.2. The fourth-order valence-electron chi connectivity index (χ4n) is 7.72. The van der Waals surface area contributed by atoms with Crippen LogP contribution in [0, 0.1) is 39.9 Å². The fourth-order valence-corrected chi connectivity index (χ4v) is 8.47. The first-order valence-corrected chi connectivity index (χ1v) is 15.6. The zero-order valence-corrected chi connectivity index (χ0v) is 26.2. The molecule has 3 aliphatic carbocycles. The highest BCUT2D eigenvalue weighted by molar-refractivity contribution is 8.01. The predicted molar refractivity (Wildman–Crippen MR) is 157 cm³/mol. The minimum absolute atomic E-state index is 0.0382. The van der Waals surface area contributed by atoms with Crippen LogP contribution in [0.5, 0.6) is 0 Å². The van der Waals surface area contributed by atoms with Crippen molar-refractivity contribution < 1.29 is 24.2 Å². The number of hydrogen-bond donors (Lipinski definition) is 3. The van der Waals surface area contributed by atoms with Crippen molar-refractivity contribution in [2.75, 3.05) is 12.3 Å². The molecule has 0 aromatic carbocycles. The number of ether oxygens (including phenoxy) is 1. The Morgan fingerprint density at radius 2 is 1.92 bits per heavy atom. The van der Waals surface area contributed by atoms with Crippen LogP contribution >= 0.6 is 11.8 Å². The molecule has 0 heterocycles. The summed E-state index contributed by atoms with van der Waals surface area (Å²) >= 11 is 1.43. The van der Waals surface area contributed by atoms with Crippen LogP contribution in [0.1, 0.15) is 87.5 Å². The molecule has 0 aliphatic heterocycles. The van der Waals surface area contributed by atoms with Gasteiger partial charge in [0.1, 0.15) is 11.9 Å². The van der Waals surface area contributed by atoms with Crippen LogP contribution in [0.25, 0.3) is 0 Å². The number of rotatable bonds is 9. The van der Waals surface area contributed by atoms with E-state index in [9.17, 15) is 19.5 Å². The van der Waals surface area contributed by atoms with Crippen molar-refractivity contribution in [3.05, 3.63) is 12.7 Å². The highest BCUT2D eigenvalue weighted by Gasteiger charge is 2.68. The van der Waals surface area contributed by atoms with Gasteiger partial charge in [-0.1, -0.05) is 47.6 Å². The van der Waals surface area contributed by atoms with Crippen LogP contribution in [-0.4, -0.2) is 58.1 Å². The number of ketones is 1. The molecular formula is C31H52N2O5S. The molecule has 222 valence electrons. The zero-order chi connectivity index (χ0) is 29.6. The molecule has 6 unspecified atom stereocenters. The summed E-state index contributed by atoms with van der Waals surface area (Å²) in [6.45, 7) is 20.7. The summed E-state index contributed by atoms with van der Waals surface area (Å²) in [5.74, 6) is -0.243. The van der Waals surface area contributed by atoms with Crippen molar-refractivity contribution in [1.29, 1.82) is 0 Å². The van der Waals surface area contributed by atoms with Gasteiger partial charge in [0.15, 0.2) is 0 Å². The number of carbonyl (C=O) groups is 3. The third kappa shape index (κ3) is 5.85. The third-order valence-electron chi connectivity index (χ3n) is 10.9. The smallest absolute Gasteiger partial charge is 0.316 e. The van der Waals surface area contributed by atoms with Crippen molar-refractivity contribution in [2.45, 2.75) is 110 Å². The molecule has 3 aliphatic rings. The van der Waals surface area contributed by atoms with Gasteiger partial charge in [0.25, 0.3) is 0 Å². The van der Waals surface area contributed by atoms with Crippen molar-refractivity contribution in [3.8, 4) is 0 Å². The summed E-state index contributed by atoms with van der Waals surface area (Å²) in [6, 6.07) is -0.573. The molecule has 7 nitrogen and oxygen atoms in total. The summed E-state index contributed by atoms with van der Waals surface area (Å²) in [7, 11) is 0. The highest BCUT2D eigenvalue weighted by Crippen LogP contribution is 2.68. The van der Waals surface area contributed by atoms with Crippen LogP contribution in [-0.2, 0) is 19.1 Å².